The Hall–Kier alpha value is -3.19. The molecule has 1 aromatic heterocycles. The third kappa shape index (κ3) is 4.36. The van der Waals surface area contributed by atoms with Crippen LogP contribution in [-0.4, -0.2) is 30.5 Å². The number of thiazole rings is 1. The number of carbonyl (C=O) groups excluding carboxylic acids is 2. The highest BCUT2D eigenvalue weighted by atomic mass is 32.1. The Kier molecular flexibility index (Phi) is 5.81. The van der Waals surface area contributed by atoms with E-state index in [0.717, 1.165) is 27.6 Å². The van der Waals surface area contributed by atoms with Gasteiger partial charge in [0.2, 0.25) is 5.91 Å². The highest BCUT2D eigenvalue weighted by Gasteiger charge is 2.36. The number of methoxy groups -OCH3 is 1. The first-order valence-corrected chi connectivity index (χ1v) is 10.5. The van der Waals surface area contributed by atoms with Crippen LogP contribution >= 0.6 is 11.3 Å². The third-order valence-corrected chi connectivity index (χ3v) is 5.97. The van der Waals surface area contributed by atoms with Gasteiger partial charge in [-0.25, -0.2) is 4.98 Å². The van der Waals surface area contributed by atoms with Crippen LogP contribution in [0.5, 0.6) is 5.75 Å². The van der Waals surface area contributed by atoms with Gasteiger partial charge in [0.25, 0.3) is 0 Å². The first-order valence-electron chi connectivity index (χ1n) is 9.66. The molecule has 1 saturated heterocycles. The molecule has 1 aliphatic heterocycles. The maximum atomic E-state index is 12.5. The van der Waals surface area contributed by atoms with Gasteiger partial charge < -0.3 is 14.4 Å². The van der Waals surface area contributed by atoms with Gasteiger partial charge in [-0.05, 0) is 31.2 Å². The summed E-state index contributed by atoms with van der Waals surface area (Å²) in [7, 11) is 1.62. The molecule has 2 heterocycles. The van der Waals surface area contributed by atoms with Crippen LogP contribution in [0.15, 0.2) is 53.9 Å². The molecular formula is C23H22N2O4S. The van der Waals surface area contributed by atoms with Gasteiger partial charge in [0.15, 0.2) is 0 Å². The van der Waals surface area contributed by atoms with Crippen LogP contribution in [-0.2, 0) is 20.9 Å². The smallest absolute Gasteiger partial charge is 0.311 e. The molecule has 1 amide bonds. The number of carbonyl (C=O) groups is 2. The van der Waals surface area contributed by atoms with Crippen LogP contribution in [0.4, 0.5) is 5.69 Å². The molecule has 3 aromatic rings. The van der Waals surface area contributed by atoms with Crippen LogP contribution in [0.3, 0.4) is 0 Å². The standard InChI is InChI=1S/C23H22N2O4S/c1-15-6-8-19(9-7-15)25-12-17(11-21(25)26)23(27)29-13-18-14-30-22(24-18)16-4-3-5-20(10-16)28-2/h3-10,14,17H,11-13H2,1-2H3. The molecule has 0 aliphatic carbocycles. The maximum absolute atomic E-state index is 12.5. The van der Waals surface area contributed by atoms with Gasteiger partial charge in [-0.1, -0.05) is 29.8 Å². The lowest BCUT2D eigenvalue weighted by Gasteiger charge is -2.16. The second-order valence-electron chi connectivity index (χ2n) is 7.22. The van der Waals surface area contributed by atoms with Crippen molar-refractivity contribution in [1.29, 1.82) is 0 Å². The van der Waals surface area contributed by atoms with Gasteiger partial charge in [-0.2, -0.15) is 0 Å². The zero-order chi connectivity index (χ0) is 21.1. The molecule has 1 fully saturated rings. The van der Waals surface area contributed by atoms with E-state index < -0.39 is 5.92 Å². The molecule has 154 valence electrons. The molecule has 1 aliphatic rings. The lowest BCUT2D eigenvalue weighted by molar-refractivity contribution is -0.149. The SMILES string of the molecule is COc1cccc(-c2nc(COC(=O)C3CC(=O)N(c4ccc(C)cc4)C3)cs2)c1. The van der Waals surface area contributed by atoms with Crippen molar-refractivity contribution in [3.63, 3.8) is 0 Å². The number of hydrogen-bond donors (Lipinski definition) is 0. The number of ether oxygens (including phenoxy) is 2. The van der Waals surface area contributed by atoms with Crippen molar-refractivity contribution in [2.75, 3.05) is 18.6 Å². The lowest BCUT2D eigenvalue weighted by Crippen LogP contribution is -2.26. The fourth-order valence-electron chi connectivity index (χ4n) is 3.36. The van der Waals surface area contributed by atoms with Crippen molar-refractivity contribution in [3.05, 3.63) is 65.2 Å². The lowest BCUT2D eigenvalue weighted by atomic mass is 10.1. The molecular weight excluding hydrogens is 400 g/mol. The predicted octanol–water partition coefficient (Wildman–Crippen LogP) is 4.22. The van der Waals surface area contributed by atoms with E-state index in [-0.39, 0.29) is 24.9 Å². The summed E-state index contributed by atoms with van der Waals surface area (Å²) in [5, 5.41) is 2.71. The molecule has 0 spiro atoms. The zero-order valence-corrected chi connectivity index (χ0v) is 17.6. The first kappa shape index (κ1) is 20.1. The van der Waals surface area contributed by atoms with Gasteiger partial charge >= 0.3 is 5.97 Å². The number of nitrogens with zero attached hydrogens (tertiary/aromatic N) is 2. The topological polar surface area (TPSA) is 68.7 Å². The van der Waals surface area contributed by atoms with Gasteiger partial charge in [0, 0.05) is 29.6 Å². The number of anilines is 1. The van der Waals surface area contributed by atoms with Crippen molar-refractivity contribution in [3.8, 4) is 16.3 Å². The Labute approximate surface area is 179 Å². The van der Waals surface area contributed by atoms with Gasteiger partial charge in [0.1, 0.15) is 17.4 Å². The second-order valence-corrected chi connectivity index (χ2v) is 8.08. The summed E-state index contributed by atoms with van der Waals surface area (Å²) in [4.78, 5) is 31.1. The van der Waals surface area contributed by atoms with Crippen LogP contribution < -0.4 is 9.64 Å². The molecule has 0 saturated carbocycles. The predicted molar refractivity (Wildman–Crippen MR) is 116 cm³/mol. The highest BCUT2D eigenvalue weighted by Crippen LogP contribution is 2.28. The van der Waals surface area contributed by atoms with Crippen LogP contribution in [0, 0.1) is 12.8 Å². The molecule has 1 unspecified atom stereocenters. The summed E-state index contributed by atoms with van der Waals surface area (Å²) < 4.78 is 10.7. The van der Waals surface area contributed by atoms with E-state index in [0.29, 0.717) is 12.2 Å². The van der Waals surface area contributed by atoms with E-state index in [1.807, 2.05) is 60.8 Å². The quantitative estimate of drug-likeness (QED) is 0.556. The highest BCUT2D eigenvalue weighted by molar-refractivity contribution is 7.13. The molecule has 6 nitrogen and oxygen atoms in total. The normalized spacial score (nSPS) is 16.0. The molecule has 7 heteroatoms. The zero-order valence-electron chi connectivity index (χ0n) is 16.8. The first-order chi connectivity index (χ1) is 14.5. The molecule has 2 aromatic carbocycles. The number of aromatic nitrogens is 1. The fraction of sp³-hybridized carbons (Fsp3) is 0.261. The van der Waals surface area contributed by atoms with Crippen LogP contribution in [0.2, 0.25) is 0 Å². The van der Waals surface area contributed by atoms with Gasteiger partial charge in [-0.15, -0.1) is 11.3 Å². The molecule has 0 N–H and O–H groups in total. The van der Waals surface area contributed by atoms with Gasteiger partial charge in [0.05, 0.1) is 18.7 Å². The monoisotopic (exact) mass is 422 g/mol. The average molecular weight is 423 g/mol. The molecule has 0 bridgehead atoms. The van der Waals surface area contributed by atoms with Crippen molar-refractivity contribution >= 4 is 28.9 Å². The van der Waals surface area contributed by atoms with Crippen molar-refractivity contribution < 1.29 is 19.1 Å². The summed E-state index contributed by atoms with van der Waals surface area (Å²) in [5.74, 6) is -0.126. The van der Waals surface area contributed by atoms with E-state index in [1.165, 1.54) is 11.3 Å². The van der Waals surface area contributed by atoms with Crippen molar-refractivity contribution in [2.24, 2.45) is 5.92 Å². The number of benzene rings is 2. The van der Waals surface area contributed by atoms with Gasteiger partial charge in [-0.3, -0.25) is 9.59 Å². The summed E-state index contributed by atoms with van der Waals surface area (Å²) in [5.41, 5.74) is 3.57. The maximum Gasteiger partial charge on any atom is 0.311 e. The molecule has 30 heavy (non-hydrogen) atoms. The Morgan fingerprint density at radius 1 is 1.23 bits per heavy atom. The molecule has 0 radical (unpaired) electrons. The summed E-state index contributed by atoms with van der Waals surface area (Å²) in [6.45, 7) is 2.43. The minimum absolute atomic E-state index is 0.0604. The molecule has 4 rings (SSSR count). The second kappa shape index (κ2) is 8.67. The molecule has 1 atom stereocenters. The summed E-state index contributed by atoms with van der Waals surface area (Å²) in [6, 6.07) is 15.4. The number of aryl methyl sites for hydroxylation is 1. The van der Waals surface area contributed by atoms with Crippen LogP contribution in [0.25, 0.3) is 10.6 Å². The van der Waals surface area contributed by atoms with E-state index in [2.05, 4.69) is 4.98 Å². The summed E-state index contributed by atoms with van der Waals surface area (Å²) >= 11 is 1.48. The van der Waals surface area contributed by atoms with Crippen molar-refractivity contribution in [2.45, 2.75) is 20.0 Å². The Balaban J connectivity index is 1.35. The number of hydrogen-bond acceptors (Lipinski definition) is 6. The average Bonchev–Trinajstić information content (AvgIpc) is 3.40. The number of esters is 1. The number of amides is 1. The Morgan fingerprint density at radius 2 is 2.03 bits per heavy atom. The third-order valence-electron chi connectivity index (χ3n) is 5.03. The van der Waals surface area contributed by atoms with E-state index in [4.69, 9.17) is 9.47 Å². The minimum Gasteiger partial charge on any atom is -0.497 e. The Morgan fingerprint density at radius 3 is 2.80 bits per heavy atom. The Bertz CT molecular complexity index is 1060. The van der Waals surface area contributed by atoms with E-state index in [9.17, 15) is 9.59 Å². The summed E-state index contributed by atoms with van der Waals surface area (Å²) in [6.07, 6.45) is 0.166. The number of rotatable bonds is 6. The van der Waals surface area contributed by atoms with Crippen molar-refractivity contribution in [1.82, 2.24) is 4.98 Å². The largest absolute Gasteiger partial charge is 0.497 e. The van der Waals surface area contributed by atoms with Crippen LogP contribution in [0.1, 0.15) is 17.7 Å². The van der Waals surface area contributed by atoms with E-state index in [1.54, 1.807) is 12.0 Å². The fourth-order valence-corrected chi connectivity index (χ4v) is 4.17. The minimum atomic E-state index is -0.463. The van der Waals surface area contributed by atoms with E-state index >= 15 is 0 Å².